The Kier molecular flexibility index (Phi) is 6.22. The topological polar surface area (TPSA) is 80.1 Å². The highest BCUT2D eigenvalue weighted by molar-refractivity contribution is 5.83. The molecule has 1 aliphatic carbocycles. The first-order valence-electron chi connectivity index (χ1n) is 10.7. The highest BCUT2D eigenvalue weighted by Crippen LogP contribution is 2.27. The van der Waals surface area contributed by atoms with Gasteiger partial charge in [0.15, 0.2) is 0 Å². The summed E-state index contributed by atoms with van der Waals surface area (Å²) in [6.45, 7) is 1.88. The van der Waals surface area contributed by atoms with Crippen LogP contribution >= 0.6 is 0 Å². The van der Waals surface area contributed by atoms with E-state index < -0.39 is 0 Å². The highest BCUT2D eigenvalue weighted by atomic mass is 16.2. The van der Waals surface area contributed by atoms with Crippen molar-refractivity contribution in [2.45, 2.75) is 51.5 Å². The van der Waals surface area contributed by atoms with Crippen LogP contribution in [0.5, 0.6) is 0 Å². The summed E-state index contributed by atoms with van der Waals surface area (Å²) in [6, 6.07) is 7.89. The highest BCUT2D eigenvalue weighted by Gasteiger charge is 2.31. The molecule has 1 aromatic heterocycles. The Morgan fingerprint density at radius 1 is 1.10 bits per heavy atom. The summed E-state index contributed by atoms with van der Waals surface area (Å²) in [5.41, 5.74) is 1.97. The van der Waals surface area contributed by atoms with E-state index in [1.165, 1.54) is 38.4 Å². The number of likely N-dealkylation sites (tertiary alicyclic amines) is 1. The molecule has 2 amide bonds. The number of nitrogens with zero attached hydrogens (tertiary/aromatic N) is 4. The van der Waals surface area contributed by atoms with E-state index in [1.807, 2.05) is 29.2 Å². The summed E-state index contributed by atoms with van der Waals surface area (Å²) in [7, 11) is 0. The molecular formula is C22H29N5O2. The Balaban J connectivity index is 1.28. The number of nitrogens with one attached hydrogen (secondary N) is 1. The van der Waals surface area contributed by atoms with Crippen molar-refractivity contribution < 1.29 is 9.59 Å². The fraction of sp³-hybridized carbons (Fsp3) is 0.545. The van der Waals surface area contributed by atoms with Gasteiger partial charge in [0, 0.05) is 26.1 Å². The van der Waals surface area contributed by atoms with E-state index in [0.29, 0.717) is 31.8 Å². The third-order valence-electron chi connectivity index (χ3n) is 6.16. The second-order valence-electron chi connectivity index (χ2n) is 8.26. The van der Waals surface area contributed by atoms with Crippen molar-refractivity contribution in [2.24, 2.45) is 11.8 Å². The number of hydrogen-bond acceptors (Lipinski definition) is 4. The van der Waals surface area contributed by atoms with E-state index >= 15 is 0 Å². The van der Waals surface area contributed by atoms with E-state index in [4.69, 9.17) is 0 Å². The minimum atomic E-state index is -0.106. The van der Waals surface area contributed by atoms with Gasteiger partial charge in [-0.15, -0.1) is 0 Å². The molecule has 2 heterocycles. The average molecular weight is 396 g/mol. The average Bonchev–Trinajstić information content (AvgIpc) is 3.30. The summed E-state index contributed by atoms with van der Waals surface area (Å²) in [4.78, 5) is 30.9. The lowest BCUT2D eigenvalue weighted by Crippen LogP contribution is -2.47. The number of benzene rings is 1. The maximum atomic E-state index is 12.7. The second-order valence-corrected chi connectivity index (χ2v) is 8.26. The van der Waals surface area contributed by atoms with E-state index in [2.05, 4.69) is 15.4 Å². The Hall–Kier alpha value is -2.70. The van der Waals surface area contributed by atoms with E-state index in [9.17, 15) is 9.59 Å². The molecule has 7 nitrogen and oxygen atoms in total. The van der Waals surface area contributed by atoms with Gasteiger partial charge < -0.3 is 10.2 Å². The molecule has 29 heavy (non-hydrogen) atoms. The van der Waals surface area contributed by atoms with Crippen LogP contribution in [-0.4, -0.2) is 44.6 Å². The number of carbonyl (C=O) groups excluding carboxylic acids is 2. The van der Waals surface area contributed by atoms with E-state index in [-0.39, 0.29) is 17.7 Å². The third kappa shape index (κ3) is 5.02. The number of aromatic nitrogens is 3. The molecule has 1 unspecified atom stereocenters. The molecule has 0 spiro atoms. The van der Waals surface area contributed by atoms with Crippen LogP contribution in [-0.2, 0) is 16.1 Å². The lowest BCUT2D eigenvalue weighted by Gasteiger charge is -2.35. The number of amides is 2. The molecule has 1 N–H and O–H groups in total. The quantitative estimate of drug-likeness (QED) is 0.816. The molecule has 1 atom stereocenters. The minimum absolute atomic E-state index is 0.0477. The van der Waals surface area contributed by atoms with Crippen molar-refractivity contribution in [1.29, 1.82) is 0 Å². The second kappa shape index (κ2) is 9.20. The monoisotopic (exact) mass is 395 g/mol. The van der Waals surface area contributed by atoms with Crippen molar-refractivity contribution >= 4 is 11.8 Å². The van der Waals surface area contributed by atoms with Crippen LogP contribution in [0, 0.1) is 11.8 Å². The molecule has 7 heteroatoms. The lowest BCUT2D eigenvalue weighted by molar-refractivity contribution is -0.139. The Morgan fingerprint density at radius 3 is 2.62 bits per heavy atom. The molecular weight excluding hydrogens is 366 g/mol. The van der Waals surface area contributed by atoms with Crippen molar-refractivity contribution in [3.8, 4) is 5.69 Å². The molecule has 1 saturated carbocycles. The van der Waals surface area contributed by atoms with Crippen LogP contribution in [0.15, 0.2) is 36.9 Å². The summed E-state index contributed by atoms with van der Waals surface area (Å²) < 4.78 is 1.70. The van der Waals surface area contributed by atoms with Crippen molar-refractivity contribution in [1.82, 2.24) is 25.0 Å². The maximum Gasteiger partial charge on any atom is 0.225 e. The van der Waals surface area contributed by atoms with Gasteiger partial charge in [-0.1, -0.05) is 31.4 Å². The van der Waals surface area contributed by atoms with Crippen LogP contribution in [0.1, 0.15) is 50.5 Å². The smallest absolute Gasteiger partial charge is 0.225 e. The van der Waals surface area contributed by atoms with Gasteiger partial charge in [-0.25, -0.2) is 9.67 Å². The zero-order valence-corrected chi connectivity index (χ0v) is 16.8. The Labute approximate surface area is 171 Å². The van der Waals surface area contributed by atoms with Crippen molar-refractivity contribution in [2.75, 3.05) is 13.1 Å². The number of carbonyl (C=O) groups is 2. The summed E-state index contributed by atoms with van der Waals surface area (Å²) in [5, 5.41) is 7.16. The van der Waals surface area contributed by atoms with Gasteiger partial charge in [-0.2, -0.15) is 5.10 Å². The van der Waals surface area contributed by atoms with Crippen LogP contribution in [0.2, 0.25) is 0 Å². The van der Waals surface area contributed by atoms with Gasteiger partial charge in [0.1, 0.15) is 12.7 Å². The Bertz CT molecular complexity index is 812. The molecule has 1 saturated heterocycles. The van der Waals surface area contributed by atoms with E-state index in [0.717, 1.165) is 17.8 Å². The number of hydrogen-bond donors (Lipinski definition) is 1. The summed E-state index contributed by atoms with van der Waals surface area (Å²) >= 11 is 0. The van der Waals surface area contributed by atoms with Crippen LogP contribution in [0.25, 0.3) is 5.69 Å². The Morgan fingerprint density at radius 2 is 1.90 bits per heavy atom. The molecule has 2 aliphatic rings. The van der Waals surface area contributed by atoms with Crippen LogP contribution < -0.4 is 5.32 Å². The van der Waals surface area contributed by atoms with Crippen LogP contribution in [0.3, 0.4) is 0 Å². The first-order valence-corrected chi connectivity index (χ1v) is 10.7. The van der Waals surface area contributed by atoms with Gasteiger partial charge in [-0.3, -0.25) is 9.59 Å². The molecule has 0 bridgehead atoms. The number of piperidine rings is 1. The standard InChI is InChI=1S/C22H29N5O2/c28-21-11-8-19(14-26(21)13-18-4-2-1-3-5-18)22(29)24-12-17-6-9-20(10-7-17)27-16-23-15-25-27/h6-7,9-10,15-16,18-19H,1-5,8,11-14H2,(H,24,29). The third-order valence-corrected chi connectivity index (χ3v) is 6.16. The fourth-order valence-corrected chi connectivity index (χ4v) is 4.43. The van der Waals surface area contributed by atoms with Crippen molar-refractivity contribution in [3.05, 3.63) is 42.5 Å². The number of rotatable bonds is 6. The van der Waals surface area contributed by atoms with Gasteiger partial charge in [-0.05, 0) is 42.9 Å². The molecule has 154 valence electrons. The normalized spacial score (nSPS) is 20.6. The summed E-state index contributed by atoms with van der Waals surface area (Å²) in [5.74, 6) is 0.763. The summed E-state index contributed by atoms with van der Waals surface area (Å²) in [6.07, 6.45) is 10.6. The molecule has 2 aromatic rings. The predicted molar refractivity (Wildman–Crippen MR) is 109 cm³/mol. The first-order chi connectivity index (χ1) is 14.2. The SMILES string of the molecule is O=C(NCc1ccc(-n2cncn2)cc1)C1CCC(=O)N(CC2CCCCC2)C1. The molecule has 0 radical (unpaired) electrons. The minimum Gasteiger partial charge on any atom is -0.352 e. The van der Waals surface area contributed by atoms with Crippen LogP contribution in [0.4, 0.5) is 0 Å². The van der Waals surface area contributed by atoms with Crippen molar-refractivity contribution in [3.63, 3.8) is 0 Å². The zero-order valence-electron chi connectivity index (χ0n) is 16.8. The molecule has 1 aliphatic heterocycles. The largest absolute Gasteiger partial charge is 0.352 e. The maximum absolute atomic E-state index is 12.7. The van der Waals surface area contributed by atoms with E-state index in [1.54, 1.807) is 11.0 Å². The fourth-order valence-electron chi connectivity index (χ4n) is 4.43. The molecule has 2 fully saturated rings. The zero-order chi connectivity index (χ0) is 20.1. The lowest BCUT2D eigenvalue weighted by atomic mass is 9.87. The first kappa shape index (κ1) is 19.6. The van der Waals surface area contributed by atoms with Gasteiger partial charge in [0.25, 0.3) is 0 Å². The van der Waals surface area contributed by atoms with Gasteiger partial charge in [0.2, 0.25) is 11.8 Å². The predicted octanol–water partition coefficient (Wildman–Crippen LogP) is 2.70. The molecule has 1 aromatic carbocycles. The molecule has 4 rings (SSSR count). The van der Waals surface area contributed by atoms with Gasteiger partial charge >= 0.3 is 0 Å². The van der Waals surface area contributed by atoms with Gasteiger partial charge in [0.05, 0.1) is 11.6 Å².